The predicted octanol–water partition coefficient (Wildman–Crippen LogP) is 5.96. The zero-order valence-corrected chi connectivity index (χ0v) is 20.2. The maximum Gasteiger partial charge on any atom is 0.221 e. The van der Waals surface area contributed by atoms with Gasteiger partial charge < -0.3 is 10.4 Å². The molecule has 1 heterocycles. The van der Waals surface area contributed by atoms with Gasteiger partial charge in [-0.3, -0.25) is 9.78 Å². The van der Waals surface area contributed by atoms with Crippen molar-refractivity contribution in [3.8, 4) is 5.75 Å². The van der Waals surface area contributed by atoms with Gasteiger partial charge in [0.2, 0.25) is 5.91 Å². The lowest BCUT2D eigenvalue weighted by Crippen LogP contribution is -2.26. The van der Waals surface area contributed by atoms with Crippen molar-refractivity contribution in [1.29, 1.82) is 0 Å². The first kappa shape index (κ1) is 24.3. The molecule has 0 radical (unpaired) electrons. The van der Waals surface area contributed by atoms with E-state index in [0.29, 0.717) is 18.7 Å². The topological polar surface area (TPSA) is 62.2 Å². The van der Waals surface area contributed by atoms with E-state index in [4.69, 9.17) is 0 Å². The zero-order chi connectivity index (χ0) is 22.5. The first-order valence-corrected chi connectivity index (χ1v) is 11.5. The van der Waals surface area contributed by atoms with Gasteiger partial charge in [-0.25, -0.2) is 0 Å². The van der Waals surface area contributed by atoms with Crippen LogP contribution in [0.5, 0.6) is 5.75 Å². The quantitative estimate of drug-likeness (QED) is 0.534. The minimum atomic E-state index is -0.162. The highest BCUT2D eigenvalue weighted by molar-refractivity contribution is 8.00. The van der Waals surface area contributed by atoms with Crippen LogP contribution in [-0.4, -0.2) is 21.2 Å². The number of nitrogens with one attached hydrogen (secondary N) is 1. The highest BCUT2D eigenvalue weighted by atomic mass is 32.2. The van der Waals surface area contributed by atoms with Crippen molar-refractivity contribution in [3.63, 3.8) is 0 Å². The Morgan fingerprint density at radius 2 is 1.60 bits per heavy atom. The normalized spacial score (nSPS) is 13.2. The number of aromatic hydroxyl groups is 1. The van der Waals surface area contributed by atoms with Crippen LogP contribution in [0.15, 0.2) is 41.6 Å². The Morgan fingerprint density at radius 1 is 1.07 bits per heavy atom. The van der Waals surface area contributed by atoms with Crippen molar-refractivity contribution in [2.24, 2.45) is 0 Å². The number of amides is 1. The fourth-order valence-electron chi connectivity index (χ4n) is 3.26. The number of hydrogen-bond acceptors (Lipinski definition) is 4. The number of carbonyl (C=O) groups is 1. The number of nitrogens with zero attached hydrogens (tertiary/aromatic N) is 1. The molecule has 0 aliphatic rings. The fraction of sp³-hybridized carbons (Fsp3) is 0.520. The van der Waals surface area contributed by atoms with Crippen LogP contribution < -0.4 is 5.32 Å². The fourth-order valence-corrected chi connectivity index (χ4v) is 4.42. The Bertz CT molecular complexity index is 817. The number of rotatable bonds is 7. The van der Waals surface area contributed by atoms with Gasteiger partial charge in [0.25, 0.3) is 0 Å². The van der Waals surface area contributed by atoms with Crippen molar-refractivity contribution >= 4 is 17.7 Å². The molecule has 5 heteroatoms. The van der Waals surface area contributed by atoms with E-state index in [1.807, 2.05) is 12.1 Å². The van der Waals surface area contributed by atoms with Gasteiger partial charge in [-0.05, 0) is 47.1 Å². The Morgan fingerprint density at radius 3 is 2.07 bits per heavy atom. The van der Waals surface area contributed by atoms with Gasteiger partial charge in [-0.15, -0.1) is 11.8 Å². The number of hydrogen-bond donors (Lipinski definition) is 2. The average Bonchev–Trinajstić information content (AvgIpc) is 2.66. The summed E-state index contributed by atoms with van der Waals surface area (Å²) >= 11 is 1.73. The lowest BCUT2D eigenvalue weighted by atomic mass is 9.79. The van der Waals surface area contributed by atoms with E-state index in [1.165, 1.54) is 0 Å². The Hall–Kier alpha value is -2.01. The number of phenolic OH excluding ortho intramolecular Hbond substituents is 1. The minimum Gasteiger partial charge on any atom is -0.507 e. The summed E-state index contributed by atoms with van der Waals surface area (Å²) in [6.07, 6.45) is 4.82. The largest absolute Gasteiger partial charge is 0.507 e. The van der Waals surface area contributed by atoms with Crippen molar-refractivity contribution in [2.45, 2.75) is 88.8 Å². The molecule has 0 aliphatic heterocycles. The highest BCUT2D eigenvalue weighted by Crippen LogP contribution is 2.42. The van der Waals surface area contributed by atoms with E-state index < -0.39 is 0 Å². The van der Waals surface area contributed by atoms with Crippen LogP contribution in [0.2, 0.25) is 0 Å². The molecule has 0 saturated heterocycles. The molecule has 4 nitrogen and oxygen atoms in total. The monoisotopic (exact) mass is 428 g/mol. The van der Waals surface area contributed by atoms with Crippen LogP contribution in [0.4, 0.5) is 0 Å². The summed E-state index contributed by atoms with van der Waals surface area (Å²) in [5, 5.41) is 14.1. The zero-order valence-electron chi connectivity index (χ0n) is 19.4. The van der Waals surface area contributed by atoms with Crippen molar-refractivity contribution < 1.29 is 9.90 Å². The second kappa shape index (κ2) is 9.86. The van der Waals surface area contributed by atoms with Crippen LogP contribution in [-0.2, 0) is 22.2 Å². The number of thioether (sulfide) groups is 1. The number of benzene rings is 1. The van der Waals surface area contributed by atoms with Gasteiger partial charge in [-0.1, -0.05) is 48.5 Å². The third-order valence-electron chi connectivity index (χ3n) is 5.11. The SMILES string of the molecule is CCC(CC(=O)NCc1ccncc1)Sc1cc(C(C)(C)C)c(O)c(C(C)(C)C)c1. The van der Waals surface area contributed by atoms with Gasteiger partial charge in [0.05, 0.1) is 0 Å². The number of phenols is 1. The lowest BCUT2D eigenvalue weighted by Gasteiger charge is -2.28. The standard InChI is InChI=1S/C25H36N2O2S/c1-8-18(15-22(28)27-16-17-9-11-26-12-10-17)30-19-13-20(24(2,3)4)23(29)21(14-19)25(5,6)7/h9-14,18,29H,8,15-16H2,1-7H3,(H,27,28). The van der Waals surface area contributed by atoms with Crippen LogP contribution in [0.3, 0.4) is 0 Å². The van der Waals surface area contributed by atoms with Crippen LogP contribution in [0.1, 0.15) is 78.0 Å². The lowest BCUT2D eigenvalue weighted by molar-refractivity contribution is -0.121. The summed E-state index contributed by atoms with van der Waals surface area (Å²) in [5.74, 6) is 0.444. The first-order chi connectivity index (χ1) is 13.9. The maximum absolute atomic E-state index is 12.5. The van der Waals surface area contributed by atoms with Crippen molar-refractivity contribution in [3.05, 3.63) is 53.3 Å². The Kier molecular flexibility index (Phi) is 7.98. The van der Waals surface area contributed by atoms with E-state index in [9.17, 15) is 9.90 Å². The number of pyridine rings is 1. The molecule has 0 spiro atoms. The van der Waals surface area contributed by atoms with E-state index in [0.717, 1.165) is 28.0 Å². The first-order valence-electron chi connectivity index (χ1n) is 10.6. The van der Waals surface area contributed by atoms with Gasteiger partial charge in [0.15, 0.2) is 0 Å². The molecule has 1 atom stereocenters. The summed E-state index contributed by atoms with van der Waals surface area (Å²) in [5.41, 5.74) is 2.63. The molecule has 2 aromatic rings. The third kappa shape index (κ3) is 6.76. The van der Waals surface area contributed by atoms with E-state index in [1.54, 1.807) is 24.2 Å². The molecule has 0 fully saturated rings. The van der Waals surface area contributed by atoms with Gasteiger partial charge >= 0.3 is 0 Å². The highest BCUT2D eigenvalue weighted by Gasteiger charge is 2.27. The molecule has 2 N–H and O–H groups in total. The van der Waals surface area contributed by atoms with E-state index in [2.05, 4.69) is 70.9 Å². The Balaban J connectivity index is 2.16. The summed E-state index contributed by atoms with van der Waals surface area (Å²) < 4.78 is 0. The average molecular weight is 429 g/mol. The molecule has 1 aromatic heterocycles. The summed E-state index contributed by atoms with van der Waals surface area (Å²) in [7, 11) is 0. The predicted molar refractivity (Wildman–Crippen MR) is 126 cm³/mol. The molecule has 0 aliphatic carbocycles. The maximum atomic E-state index is 12.5. The van der Waals surface area contributed by atoms with Crippen LogP contribution in [0, 0.1) is 0 Å². The molecule has 1 aromatic carbocycles. The molecule has 0 bridgehead atoms. The molecule has 0 saturated carbocycles. The second-order valence-corrected chi connectivity index (χ2v) is 11.2. The van der Waals surface area contributed by atoms with E-state index in [-0.39, 0.29) is 22.0 Å². The smallest absolute Gasteiger partial charge is 0.221 e. The molecule has 164 valence electrons. The van der Waals surface area contributed by atoms with Crippen molar-refractivity contribution in [1.82, 2.24) is 10.3 Å². The number of aromatic nitrogens is 1. The summed E-state index contributed by atoms with van der Waals surface area (Å²) in [6.45, 7) is 15.3. The van der Waals surface area contributed by atoms with Gasteiger partial charge in [0, 0.05) is 46.6 Å². The summed E-state index contributed by atoms with van der Waals surface area (Å²) in [6, 6.07) is 8.00. The molecular weight excluding hydrogens is 392 g/mol. The second-order valence-electron chi connectivity index (χ2n) is 9.85. The molecule has 1 amide bonds. The Labute approximate surface area is 185 Å². The third-order valence-corrected chi connectivity index (χ3v) is 6.45. The number of carbonyl (C=O) groups excluding carboxylic acids is 1. The molecule has 1 unspecified atom stereocenters. The summed E-state index contributed by atoms with van der Waals surface area (Å²) in [4.78, 5) is 17.6. The molecule has 2 rings (SSSR count). The van der Waals surface area contributed by atoms with Gasteiger partial charge in [0.1, 0.15) is 5.75 Å². The van der Waals surface area contributed by atoms with Crippen LogP contribution in [0.25, 0.3) is 0 Å². The van der Waals surface area contributed by atoms with E-state index >= 15 is 0 Å². The molecule has 30 heavy (non-hydrogen) atoms. The van der Waals surface area contributed by atoms with Crippen molar-refractivity contribution in [2.75, 3.05) is 0 Å². The minimum absolute atomic E-state index is 0.0528. The van der Waals surface area contributed by atoms with Crippen LogP contribution >= 0.6 is 11.8 Å². The van der Waals surface area contributed by atoms with Gasteiger partial charge in [-0.2, -0.15) is 0 Å². The molecular formula is C25H36N2O2S.